The van der Waals surface area contributed by atoms with Crippen molar-refractivity contribution in [3.63, 3.8) is 0 Å². The van der Waals surface area contributed by atoms with Gasteiger partial charge in [0.15, 0.2) is 0 Å². The minimum Gasteiger partial charge on any atom is -0.300 e. The Morgan fingerprint density at radius 2 is 1.95 bits per heavy atom. The number of fused-ring (bicyclic) bond motifs is 1. The van der Waals surface area contributed by atoms with Crippen LogP contribution in [0.15, 0.2) is 40.9 Å². The fourth-order valence-electron chi connectivity index (χ4n) is 2.47. The zero-order valence-corrected chi connectivity index (χ0v) is 13.1. The van der Waals surface area contributed by atoms with Gasteiger partial charge in [-0.15, -0.1) is 0 Å². The van der Waals surface area contributed by atoms with Crippen LogP contribution in [0.5, 0.6) is 0 Å². The summed E-state index contributed by atoms with van der Waals surface area (Å²) in [6, 6.07) is 10.4. The average Bonchev–Trinajstić information content (AvgIpc) is 2.81. The first-order chi connectivity index (χ1) is 9.99. The molecule has 0 aliphatic heterocycles. The fourth-order valence-corrected chi connectivity index (χ4v) is 2.78. The number of imidazole rings is 1. The first-order valence-corrected chi connectivity index (χ1v) is 7.17. The van der Waals surface area contributed by atoms with E-state index in [4.69, 9.17) is 0 Å². The molecule has 5 nitrogen and oxygen atoms in total. The molecular formula is C15H12BrN3O2. The third kappa shape index (κ3) is 2.21. The maximum Gasteiger partial charge on any atom is 0.270 e. The molecule has 2 heterocycles. The van der Waals surface area contributed by atoms with E-state index >= 15 is 0 Å². The average molecular weight is 346 g/mol. The SMILES string of the molecule is Cc1c(Br)ccc2nc(-c3cccc([N+](=O)[O-])c3)c(C)n12. The first-order valence-electron chi connectivity index (χ1n) is 6.38. The van der Waals surface area contributed by atoms with E-state index in [1.165, 1.54) is 6.07 Å². The van der Waals surface area contributed by atoms with E-state index in [1.807, 2.05) is 36.4 Å². The molecule has 0 fully saturated rings. The summed E-state index contributed by atoms with van der Waals surface area (Å²) >= 11 is 3.51. The predicted octanol–water partition coefficient (Wildman–Crippen LogP) is 4.29. The minimum absolute atomic E-state index is 0.0712. The van der Waals surface area contributed by atoms with Crippen molar-refractivity contribution in [3.05, 3.63) is 62.4 Å². The van der Waals surface area contributed by atoms with Crippen LogP contribution in [0.1, 0.15) is 11.4 Å². The molecular weight excluding hydrogens is 334 g/mol. The number of nitro benzene ring substituents is 1. The molecule has 1 aromatic carbocycles. The highest BCUT2D eigenvalue weighted by Crippen LogP contribution is 2.29. The lowest BCUT2D eigenvalue weighted by atomic mass is 10.1. The van der Waals surface area contributed by atoms with Crippen LogP contribution < -0.4 is 0 Å². The molecule has 0 N–H and O–H groups in total. The van der Waals surface area contributed by atoms with Crippen molar-refractivity contribution in [3.8, 4) is 11.3 Å². The predicted molar refractivity (Wildman–Crippen MR) is 84.5 cm³/mol. The van der Waals surface area contributed by atoms with Gasteiger partial charge in [0.25, 0.3) is 5.69 Å². The van der Waals surface area contributed by atoms with Gasteiger partial charge in [-0.25, -0.2) is 4.98 Å². The highest BCUT2D eigenvalue weighted by atomic mass is 79.9. The number of nitro groups is 1. The molecule has 106 valence electrons. The molecule has 3 rings (SSSR count). The van der Waals surface area contributed by atoms with Crippen LogP contribution in [-0.2, 0) is 0 Å². The molecule has 2 aromatic heterocycles. The topological polar surface area (TPSA) is 60.4 Å². The van der Waals surface area contributed by atoms with Crippen LogP contribution in [0, 0.1) is 24.0 Å². The van der Waals surface area contributed by atoms with Gasteiger partial charge in [-0.2, -0.15) is 0 Å². The van der Waals surface area contributed by atoms with E-state index in [9.17, 15) is 10.1 Å². The van der Waals surface area contributed by atoms with E-state index in [0.717, 1.165) is 32.8 Å². The van der Waals surface area contributed by atoms with Crippen LogP contribution in [0.2, 0.25) is 0 Å². The van der Waals surface area contributed by atoms with Crippen LogP contribution in [0.3, 0.4) is 0 Å². The van der Waals surface area contributed by atoms with Crippen LogP contribution in [-0.4, -0.2) is 14.3 Å². The van der Waals surface area contributed by atoms with Crippen molar-refractivity contribution < 1.29 is 4.92 Å². The first kappa shape index (κ1) is 13.8. The standard InChI is InChI=1S/C15H12BrN3O2/c1-9-13(16)6-7-14-17-15(10(2)18(9)14)11-4-3-5-12(8-11)19(20)21/h3-8H,1-2H3. The van der Waals surface area contributed by atoms with Crippen molar-refractivity contribution in [1.82, 2.24) is 9.38 Å². The molecule has 0 aliphatic rings. The third-order valence-electron chi connectivity index (χ3n) is 3.52. The Morgan fingerprint density at radius 1 is 1.19 bits per heavy atom. The molecule has 21 heavy (non-hydrogen) atoms. The number of hydrogen-bond donors (Lipinski definition) is 0. The number of rotatable bonds is 2. The highest BCUT2D eigenvalue weighted by Gasteiger charge is 2.15. The Morgan fingerprint density at radius 3 is 2.67 bits per heavy atom. The van der Waals surface area contributed by atoms with Crippen molar-refractivity contribution in [2.45, 2.75) is 13.8 Å². The van der Waals surface area contributed by atoms with Gasteiger partial charge in [0.05, 0.1) is 10.6 Å². The van der Waals surface area contributed by atoms with Gasteiger partial charge in [-0.3, -0.25) is 14.5 Å². The van der Waals surface area contributed by atoms with Crippen LogP contribution >= 0.6 is 15.9 Å². The maximum atomic E-state index is 10.9. The van der Waals surface area contributed by atoms with Gasteiger partial charge < -0.3 is 0 Å². The molecule has 0 aliphatic carbocycles. The summed E-state index contributed by atoms with van der Waals surface area (Å²) in [5, 5.41) is 10.9. The zero-order valence-electron chi connectivity index (χ0n) is 11.5. The molecule has 3 aromatic rings. The number of aryl methyl sites for hydroxylation is 2. The third-order valence-corrected chi connectivity index (χ3v) is 4.36. The quantitative estimate of drug-likeness (QED) is 0.514. The molecule has 0 saturated heterocycles. The Labute approximate surface area is 129 Å². The number of benzene rings is 1. The Bertz CT molecular complexity index is 871. The molecule has 0 atom stereocenters. The van der Waals surface area contributed by atoms with E-state index < -0.39 is 4.92 Å². The Balaban J connectivity index is 2.26. The summed E-state index contributed by atoms with van der Waals surface area (Å²) in [5.74, 6) is 0. The molecule has 6 heteroatoms. The van der Waals surface area contributed by atoms with Crippen LogP contribution in [0.4, 0.5) is 5.69 Å². The van der Waals surface area contributed by atoms with E-state index in [1.54, 1.807) is 12.1 Å². The molecule has 0 bridgehead atoms. The second-order valence-electron chi connectivity index (χ2n) is 4.81. The number of aromatic nitrogens is 2. The van der Waals surface area contributed by atoms with Gasteiger partial charge in [0, 0.05) is 33.6 Å². The lowest BCUT2D eigenvalue weighted by molar-refractivity contribution is -0.384. The van der Waals surface area contributed by atoms with Crippen molar-refractivity contribution in [2.24, 2.45) is 0 Å². The zero-order chi connectivity index (χ0) is 15.1. The van der Waals surface area contributed by atoms with Gasteiger partial charge in [0.2, 0.25) is 0 Å². The van der Waals surface area contributed by atoms with Gasteiger partial charge in [-0.05, 0) is 41.9 Å². The molecule has 0 spiro atoms. The highest BCUT2D eigenvalue weighted by molar-refractivity contribution is 9.10. The smallest absolute Gasteiger partial charge is 0.270 e. The second kappa shape index (κ2) is 4.96. The summed E-state index contributed by atoms with van der Waals surface area (Å²) in [5.41, 5.74) is 4.43. The summed E-state index contributed by atoms with van der Waals surface area (Å²) < 4.78 is 3.04. The van der Waals surface area contributed by atoms with Gasteiger partial charge >= 0.3 is 0 Å². The molecule has 0 amide bonds. The monoisotopic (exact) mass is 345 g/mol. The fraction of sp³-hybridized carbons (Fsp3) is 0.133. The van der Waals surface area contributed by atoms with E-state index in [2.05, 4.69) is 20.9 Å². The molecule has 0 unspecified atom stereocenters. The van der Waals surface area contributed by atoms with Gasteiger partial charge in [0.1, 0.15) is 5.65 Å². The molecule has 0 saturated carbocycles. The van der Waals surface area contributed by atoms with Crippen molar-refractivity contribution in [2.75, 3.05) is 0 Å². The van der Waals surface area contributed by atoms with E-state index in [-0.39, 0.29) is 5.69 Å². The van der Waals surface area contributed by atoms with E-state index in [0.29, 0.717) is 0 Å². The summed E-state index contributed by atoms with van der Waals surface area (Å²) in [6.07, 6.45) is 0. The lowest BCUT2D eigenvalue weighted by Crippen LogP contribution is -1.94. The normalized spacial score (nSPS) is 11.0. The minimum atomic E-state index is -0.392. The van der Waals surface area contributed by atoms with Crippen molar-refractivity contribution in [1.29, 1.82) is 0 Å². The summed E-state index contributed by atoms with van der Waals surface area (Å²) in [4.78, 5) is 15.1. The van der Waals surface area contributed by atoms with Crippen LogP contribution in [0.25, 0.3) is 16.9 Å². The number of hydrogen-bond acceptors (Lipinski definition) is 3. The largest absolute Gasteiger partial charge is 0.300 e. The summed E-state index contributed by atoms with van der Waals surface area (Å²) in [6.45, 7) is 3.97. The summed E-state index contributed by atoms with van der Waals surface area (Å²) in [7, 11) is 0. The Hall–Kier alpha value is -2.21. The number of pyridine rings is 1. The number of non-ortho nitro benzene ring substituents is 1. The second-order valence-corrected chi connectivity index (χ2v) is 5.67. The maximum absolute atomic E-state index is 10.9. The number of halogens is 1. The van der Waals surface area contributed by atoms with Gasteiger partial charge in [-0.1, -0.05) is 12.1 Å². The molecule has 0 radical (unpaired) electrons. The Kier molecular flexibility index (Phi) is 3.25. The van der Waals surface area contributed by atoms with Crippen molar-refractivity contribution >= 4 is 27.3 Å². The lowest BCUT2D eigenvalue weighted by Gasteiger charge is -2.04. The number of nitrogens with zero attached hydrogens (tertiary/aromatic N) is 3.